The SMILES string of the molecule is COc1cc(/C=N\NC(=O)c2ccc(Cn3nc([N+](=O)[O-])cc3C)cc2)ccc1OC(=O)c1ccc(Cl)cc1. The van der Waals surface area contributed by atoms with E-state index in [1.807, 2.05) is 0 Å². The molecular weight excluding hydrogens is 526 g/mol. The summed E-state index contributed by atoms with van der Waals surface area (Å²) < 4.78 is 12.3. The lowest BCUT2D eigenvalue weighted by molar-refractivity contribution is -0.389. The number of hydrogen-bond donors (Lipinski definition) is 1. The third kappa shape index (κ3) is 6.84. The first-order valence-electron chi connectivity index (χ1n) is 11.5. The Labute approximate surface area is 227 Å². The Bertz CT molecular complexity index is 1550. The van der Waals surface area contributed by atoms with E-state index in [4.69, 9.17) is 21.1 Å². The van der Waals surface area contributed by atoms with E-state index in [2.05, 4.69) is 15.6 Å². The molecule has 0 saturated heterocycles. The van der Waals surface area contributed by atoms with Crippen LogP contribution < -0.4 is 14.9 Å². The van der Waals surface area contributed by atoms with Crippen molar-refractivity contribution in [2.24, 2.45) is 5.10 Å². The Kier molecular flexibility index (Phi) is 8.32. The average molecular weight is 548 g/mol. The van der Waals surface area contributed by atoms with E-state index in [9.17, 15) is 19.7 Å². The van der Waals surface area contributed by atoms with Crippen molar-refractivity contribution < 1.29 is 24.0 Å². The third-order valence-corrected chi connectivity index (χ3v) is 5.81. The van der Waals surface area contributed by atoms with Crippen LogP contribution in [0.3, 0.4) is 0 Å². The molecule has 1 aromatic heterocycles. The molecular formula is C27H22ClN5O6. The number of methoxy groups -OCH3 is 1. The van der Waals surface area contributed by atoms with Gasteiger partial charge in [-0.1, -0.05) is 23.7 Å². The van der Waals surface area contributed by atoms with Crippen LogP contribution in [0.2, 0.25) is 5.02 Å². The smallest absolute Gasteiger partial charge is 0.390 e. The predicted molar refractivity (Wildman–Crippen MR) is 144 cm³/mol. The van der Waals surface area contributed by atoms with E-state index >= 15 is 0 Å². The van der Waals surface area contributed by atoms with Gasteiger partial charge in [-0.3, -0.25) is 4.79 Å². The van der Waals surface area contributed by atoms with Gasteiger partial charge in [0.25, 0.3) is 5.91 Å². The molecule has 1 N–H and O–H groups in total. The molecule has 0 atom stereocenters. The molecule has 0 spiro atoms. The number of benzene rings is 3. The maximum atomic E-state index is 12.5. The number of halogens is 1. The Morgan fingerprint density at radius 2 is 1.74 bits per heavy atom. The zero-order valence-electron chi connectivity index (χ0n) is 20.8. The number of esters is 1. The topological polar surface area (TPSA) is 138 Å². The Morgan fingerprint density at radius 1 is 1.05 bits per heavy atom. The number of ether oxygens (including phenoxy) is 2. The number of amides is 1. The number of hydrazone groups is 1. The highest BCUT2D eigenvalue weighted by Gasteiger charge is 2.16. The van der Waals surface area contributed by atoms with Crippen LogP contribution in [-0.4, -0.2) is 39.9 Å². The fourth-order valence-electron chi connectivity index (χ4n) is 3.50. The van der Waals surface area contributed by atoms with Crippen LogP contribution in [0.5, 0.6) is 11.5 Å². The molecule has 12 heteroatoms. The highest BCUT2D eigenvalue weighted by molar-refractivity contribution is 6.30. The molecule has 0 aliphatic carbocycles. The summed E-state index contributed by atoms with van der Waals surface area (Å²) in [7, 11) is 1.44. The third-order valence-electron chi connectivity index (χ3n) is 5.55. The predicted octanol–water partition coefficient (Wildman–Crippen LogP) is 4.79. The van der Waals surface area contributed by atoms with Crippen LogP contribution in [0.25, 0.3) is 0 Å². The van der Waals surface area contributed by atoms with Crippen molar-refractivity contribution in [1.29, 1.82) is 0 Å². The van der Waals surface area contributed by atoms with Gasteiger partial charge in [-0.2, -0.15) is 9.78 Å². The zero-order valence-corrected chi connectivity index (χ0v) is 21.6. The van der Waals surface area contributed by atoms with E-state index < -0.39 is 16.8 Å². The van der Waals surface area contributed by atoms with Crippen molar-refractivity contribution in [3.05, 3.63) is 116 Å². The van der Waals surface area contributed by atoms with Gasteiger partial charge < -0.3 is 19.6 Å². The number of nitrogens with one attached hydrogen (secondary N) is 1. The van der Waals surface area contributed by atoms with Gasteiger partial charge in [-0.15, -0.1) is 0 Å². The van der Waals surface area contributed by atoms with Gasteiger partial charge in [-0.05, 0) is 77.6 Å². The molecule has 0 radical (unpaired) electrons. The minimum absolute atomic E-state index is 0.215. The first-order valence-corrected chi connectivity index (χ1v) is 11.9. The van der Waals surface area contributed by atoms with Crippen LogP contribution in [0, 0.1) is 17.0 Å². The molecule has 1 amide bonds. The number of carbonyl (C=O) groups excluding carboxylic acids is 2. The summed E-state index contributed by atoms with van der Waals surface area (Å²) in [6.45, 7) is 2.06. The molecule has 0 fully saturated rings. The molecule has 0 bridgehead atoms. The molecule has 0 aliphatic rings. The first-order chi connectivity index (χ1) is 18.7. The van der Waals surface area contributed by atoms with E-state index in [0.717, 1.165) is 5.56 Å². The molecule has 0 saturated carbocycles. The second kappa shape index (κ2) is 12.0. The summed E-state index contributed by atoms with van der Waals surface area (Å²) in [5, 5.41) is 19.4. The average Bonchev–Trinajstić information content (AvgIpc) is 3.30. The molecule has 11 nitrogen and oxygen atoms in total. The van der Waals surface area contributed by atoms with Gasteiger partial charge >= 0.3 is 11.8 Å². The molecule has 0 unspecified atom stereocenters. The minimum Gasteiger partial charge on any atom is -0.493 e. The van der Waals surface area contributed by atoms with Crippen LogP contribution in [0.15, 0.2) is 77.9 Å². The molecule has 1 heterocycles. The van der Waals surface area contributed by atoms with Crippen molar-refractivity contribution in [3.63, 3.8) is 0 Å². The molecule has 3 aromatic carbocycles. The zero-order chi connectivity index (χ0) is 27.9. The Morgan fingerprint density at radius 3 is 2.38 bits per heavy atom. The van der Waals surface area contributed by atoms with E-state index in [-0.39, 0.29) is 11.6 Å². The summed E-state index contributed by atoms with van der Waals surface area (Å²) in [5.41, 5.74) is 5.23. The second-order valence-electron chi connectivity index (χ2n) is 8.26. The molecule has 0 aliphatic heterocycles. The number of aryl methyl sites for hydroxylation is 1. The van der Waals surface area contributed by atoms with Crippen LogP contribution in [0.1, 0.15) is 37.5 Å². The molecule has 4 rings (SSSR count). The van der Waals surface area contributed by atoms with Crippen molar-refractivity contribution in [2.45, 2.75) is 13.5 Å². The fourth-order valence-corrected chi connectivity index (χ4v) is 3.63. The largest absolute Gasteiger partial charge is 0.493 e. The van der Waals surface area contributed by atoms with E-state index in [1.165, 1.54) is 24.1 Å². The number of nitrogens with zero attached hydrogens (tertiary/aromatic N) is 4. The number of nitro groups is 1. The quantitative estimate of drug-likeness (QED) is 0.104. The van der Waals surface area contributed by atoms with E-state index in [1.54, 1.807) is 73.7 Å². The maximum Gasteiger partial charge on any atom is 0.390 e. The Hall–Kier alpha value is -5.03. The van der Waals surface area contributed by atoms with E-state index in [0.29, 0.717) is 39.7 Å². The Balaban J connectivity index is 1.35. The van der Waals surface area contributed by atoms with Crippen molar-refractivity contribution in [1.82, 2.24) is 15.2 Å². The molecule has 198 valence electrons. The van der Waals surface area contributed by atoms with Crippen molar-refractivity contribution >= 4 is 35.5 Å². The number of rotatable bonds is 9. The maximum absolute atomic E-state index is 12.5. The molecule has 4 aromatic rings. The summed E-state index contributed by atoms with van der Waals surface area (Å²) in [6, 6.07) is 19.2. The van der Waals surface area contributed by atoms with Crippen LogP contribution >= 0.6 is 11.6 Å². The molecule has 39 heavy (non-hydrogen) atoms. The van der Waals surface area contributed by atoms with Gasteiger partial charge in [0.1, 0.15) is 0 Å². The standard InChI is InChI=1S/C27H22ClN5O6/c1-17-13-25(33(36)37)31-32(17)16-18-3-6-20(7-4-18)26(34)30-29-15-19-5-12-23(24(14-19)38-2)39-27(35)21-8-10-22(28)11-9-21/h3-15H,16H2,1-2H3,(H,30,34)/b29-15-. The van der Waals surface area contributed by atoms with Gasteiger partial charge in [0.2, 0.25) is 0 Å². The fraction of sp³-hybridized carbons (Fsp3) is 0.111. The van der Waals surface area contributed by atoms with Gasteiger partial charge in [-0.25, -0.2) is 10.2 Å². The van der Waals surface area contributed by atoms with Crippen LogP contribution in [-0.2, 0) is 6.54 Å². The van der Waals surface area contributed by atoms with Crippen molar-refractivity contribution in [2.75, 3.05) is 7.11 Å². The number of aromatic nitrogens is 2. The first kappa shape index (κ1) is 27.0. The minimum atomic E-state index is -0.564. The summed E-state index contributed by atoms with van der Waals surface area (Å²) in [4.78, 5) is 35.2. The highest BCUT2D eigenvalue weighted by atomic mass is 35.5. The monoisotopic (exact) mass is 547 g/mol. The lowest BCUT2D eigenvalue weighted by Gasteiger charge is -2.10. The summed E-state index contributed by atoms with van der Waals surface area (Å²) in [6.07, 6.45) is 1.42. The normalized spacial score (nSPS) is 10.8. The van der Waals surface area contributed by atoms with Crippen LogP contribution in [0.4, 0.5) is 5.82 Å². The second-order valence-corrected chi connectivity index (χ2v) is 8.70. The van der Waals surface area contributed by atoms with Gasteiger partial charge in [0.05, 0.1) is 42.3 Å². The van der Waals surface area contributed by atoms with Gasteiger partial charge in [0.15, 0.2) is 11.5 Å². The lowest BCUT2D eigenvalue weighted by Crippen LogP contribution is -2.17. The van der Waals surface area contributed by atoms with Gasteiger partial charge in [0, 0.05) is 10.6 Å². The lowest BCUT2D eigenvalue weighted by atomic mass is 10.1. The summed E-state index contributed by atoms with van der Waals surface area (Å²) >= 11 is 5.85. The van der Waals surface area contributed by atoms with Crippen molar-refractivity contribution in [3.8, 4) is 11.5 Å². The number of carbonyl (C=O) groups is 2. The highest BCUT2D eigenvalue weighted by Crippen LogP contribution is 2.28. The summed E-state index contributed by atoms with van der Waals surface area (Å²) in [5.74, 6) is -0.679. The number of hydrogen-bond acceptors (Lipinski definition) is 8.